The van der Waals surface area contributed by atoms with E-state index in [0.717, 1.165) is 5.52 Å². The number of carboxylic acid groups (broad SMARTS) is 3. The predicted octanol–water partition coefficient (Wildman–Crippen LogP) is 2.60. The van der Waals surface area contributed by atoms with Gasteiger partial charge in [-0.25, -0.2) is 4.79 Å². The smallest absolute Gasteiger partial charge is 0.326 e. The molecule has 0 fully saturated rings. The summed E-state index contributed by atoms with van der Waals surface area (Å²) in [6, 6.07) is 15.7. The van der Waals surface area contributed by atoms with Gasteiger partial charge in [-0.3, -0.25) is 38.4 Å². The van der Waals surface area contributed by atoms with Crippen molar-refractivity contribution in [3.05, 3.63) is 108 Å². The van der Waals surface area contributed by atoms with Crippen molar-refractivity contribution in [1.82, 2.24) is 36.9 Å². The Morgan fingerprint density at radius 2 is 1.01 bits per heavy atom. The molecule has 4 aromatic rings. The summed E-state index contributed by atoms with van der Waals surface area (Å²) in [5.41, 5.74) is 2.65. The Morgan fingerprint density at radius 3 is 1.52 bits per heavy atom. The summed E-state index contributed by atoms with van der Waals surface area (Å²) in [4.78, 5) is 122. The van der Waals surface area contributed by atoms with Crippen molar-refractivity contribution >= 4 is 64.3 Å². The van der Waals surface area contributed by atoms with Crippen LogP contribution in [-0.2, 0) is 49.6 Å². The number of hydrogen-bond acceptors (Lipinski definition) is 9. The maximum Gasteiger partial charge on any atom is 0.326 e. The van der Waals surface area contributed by atoms with Gasteiger partial charge in [0.25, 0.3) is 0 Å². The van der Waals surface area contributed by atoms with E-state index in [4.69, 9.17) is 0 Å². The van der Waals surface area contributed by atoms with E-state index in [2.05, 4.69) is 36.9 Å². The minimum Gasteiger partial charge on any atom is -0.481 e. The van der Waals surface area contributed by atoms with Crippen molar-refractivity contribution in [1.29, 1.82) is 0 Å². The summed E-state index contributed by atoms with van der Waals surface area (Å²) >= 11 is 0. The SMILES string of the molecule is CC[C@H](C)[C@H](NC(=O)[C@H](CC(=O)O)NC(=O)[C@H](CC(C)C)NC(=O)[C@H](NC(C)=O)C(c1ccccc1)c1ccccc1)C(=O)N[C@@H](CC(=O)O)C(=O)N[C@@H](Cc1c[nH]c2ccccc12)C(=O)O. The molecule has 0 radical (unpaired) electrons. The number of carbonyl (C=O) groups excluding carboxylic acids is 6. The summed E-state index contributed by atoms with van der Waals surface area (Å²) in [5, 5.41) is 45.2. The van der Waals surface area contributed by atoms with Crippen LogP contribution in [0.4, 0.5) is 0 Å². The van der Waals surface area contributed by atoms with E-state index in [1.807, 2.05) is 0 Å². The molecule has 19 nitrogen and oxygen atoms in total. The van der Waals surface area contributed by atoms with Crippen LogP contribution in [-0.4, -0.2) is 110 Å². The standard InChI is InChI=1S/C48H59N7O12/c1-6-27(4)41(46(64)53-35(23-38(57)58)44(62)54-37(48(66)67)22-31-25-49-33-20-14-13-19-32(31)33)55-45(63)36(24-39(59)60)51-43(61)34(21-26(2)3)52-47(65)42(50-28(5)56)40(29-15-9-7-10-16-29)30-17-11-8-12-18-30/h7-20,25-27,34-37,40-42,49H,6,21-24H2,1-5H3,(H,50,56)(H,51,61)(H,52,65)(H,53,64)(H,54,62)(H,55,63)(H,57,58)(H,59,60)(H,66,67)/t27-,34-,35-,36-,37-,41-,42+/m0/s1. The van der Waals surface area contributed by atoms with Gasteiger partial charge in [-0.1, -0.05) is 113 Å². The average Bonchev–Trinajstić information content (AvgIpc) is 3.69. The Kier molecular flexibility index (Phi) is 19.1. The molecular weight excluding hydrogens is 867 g/mol. The Morgan fingerprint density at radius 1 is 0.552 bits per heavy atom. The molecule has 3 aromatic carbocycles. The molecule has 0 spiro atoms. The third-order valence-corrected chi connectivity index (χ3v) is 11.2. The number of fused-ring (bicyclic) bond motifs is 1. The number of amides is 6. The zero-order valence-corrected chi connectivity index (χ0v) is 37.9. The van der Waals surface area contributed by atoms with Crippen LogP contribution in [0.3, 0.4) is 0 Å². The predicted molar refractivity (Wildman–Crippen MR) is 245 cm³/mol. The molecule has 7 atom stereocenters. The van der Waals surface area contributed by atoms with Crippen LogP contribution in [0.25, 0.3) is 10.9 Å². The third-order valence-electron chi connectivity index (χ3n) is 11.2. The number of benzene rings is 3. The first-order chi connectivity index (χ1) is 31.8. The highest BCUT2D eigenvalue weighted by atomic mass is 16.4. The van der Waals surface area contributed by atoms with Crippen molar-refractivity contribution < 1.29 is 58.5 Å². The quantitative estimate of drug-likeness (QED) is 0.0459. The largest absolute Gasteiger partial charge is 0.481 e. The van der Waals surface area contributed by atoms with Crippen molar-refractivity contribution in [2.45, 2.75) is 109 Å². The Labute approximate surface area is 387 Å². The molecule has 1 heterocycles. The van der Waals surface area contributed by atoms with Gasteiger partial charge < -0.3 is 52.2 Å². The third kappa shape index (κ3) is 15.3. The normalized spacial score (nSPS) is 14.3. The Hall–Kier alpha value is -7.57. The number of aliphatic carboxylic acids is 3. The lowest BCUT2D eigenvalue weighted by molar-refractivity contribution is -0.143. The fourth-order valence-corrected chi connectivity index (χ4v) is 7.63. The van der Waals surface area contributed by atoms with Crippen molar-refractivity contribution in [2.24, 2.45) is 11.8 Å². The van der Waals surface area contributed by atoms with E-state index in [0.29, 0.717) is 22.1 Å². The number of rotatable bonds is 25. The lowest BCUT2D eigenvalue weighted by Crippen LogP contribution is -2.61. The number of aromatic amines is 1. The maximum atomic E-state index is 14.3. The van der Waals surface area contributed by atoms with Gasteiger partial charge >= 0.3 is 17.9 Å². The molecular formula is C48H59N7O12. The van der Waals surface area contributed by atoms with Crippen LogP contribution in [0, 0.1) is 11.8 Å². The van der Waals surface area contributed by atoms with Crippen LogP contribution in [0.1, 0.15) is 82.9 Å². The van der Waals surface area contributed by atoms with Gasteiger partial charge in [0.15, 0.2) is 0 Å². The summed E-state index contributed by atoms with van der Waals surface area (Å²) in [7, 11) is 0. The number of para-hydroxylation sites is 1. The fourth-order valence-electron chi connectivity index (χ4n) is 7.63. The second-order valence-electron chi connectivity index (χ2n) is 16.8. The van der Waals surface area contributed by atoms with Crippen LogP contribution < -0.4 is 31.9 Å². The highest BCUT2D eigenvalue weighted by Gasteiger charge is 2.38. The van der Waals surface area contributed by atoms with Crippen LogP contribution >= 0.6 is 0 Å². The van der Waals surface area contributed by atoms with Crippen LogP contribution in [0.2, 0.25) is 0 Å². The Bertz CT molecular complexity index is 2350. The van der Waals surface area contributed by atoms with Crippen molar-refractivity contribution in [3.8, 4) is 0 Å². The number of hydrogen-bond donors (Lipinski definition) is 10. The summed E-state index contributed by atoms with van der Waals surface area (Å²) < 4.78 is 0. The van der Waals surface area contributed by atoms with Gasteiger partial charge in [0.2, 0.25) is 35.4 Å². The second kappa shape index (κ2) is 24.6. The van der Waals surface area contributed by atoms with Crippen molar-refractivity contribution in [2.75, 3.05) is 0 Å². The maximum absolute atomic E-state index is 14.3. The van der Waals surface area contributed by atoms with E-state index in [-0.39, 0.29) is 25.2 Å². The summed E-state index contributed by atoms with van der Waals surface area (Å²) in [6.45, 7) is 8.02. The van der Waals surface area contributed by atoms with E-state index >= 15 is 0 Å². The first kappa shape index (κ1) is 52.1. The van der Waals surface area contributed by atoms with E-state index in [1.165, 1.54) is 6.92 Å². The summed E-state index contributed by atoms with van der Waals surface area (Å²) in [5.74, 6) is -11.6. The van der Waals surface area contributed by atoms with Crippen LogP contribution in [0.15, 0.2) is 91.1 Å². The minimum atomic E-state index is -1.82. The molecule has 4 rings (SSSR count). The topological polar surface area (TPSA) is 302 Å². The minimum absolute atomic E-state index is 0.0164. The zero-order valence-electron chi connectivity index (χ0n) is 37.9. The molecule has 67 heavy (non-hydrogen) atoms. The second-order valence-corrected chi connectivity index (χ2v) is 16.8. The van der Waals surface area contributed by atoms with Gasteiger partial charge in [-0.15, -0.1) is 0 Å². The van der Waals surface area contributed by atoms with Gasteiger partial charge in [-0.05, 0) is 41.0 Å². The van der Waals surface area contributed by atoms with Crippen molar-refractivity contribution in [3.63, 3.8) is 0 Å². The molecule has 358 valence electrons. The molecule has 0 aliphatic rings. The number of H-pyrrole nitrogens is 1. The molecule has 10 N–H and O–H groups in total. The molecule has 0 aliphatic carbocycles. The van der Waals surface area contributed by atoms with E-state index in [9.17, 15) is 58.5 Å². The van der Waals surface area contributed by atoms with E-state index in [1.54, 1.807) is 119 Å². The molecule has 0 saturated carbocycles. The lowest BCUT2D eigenvalue weighted by Gasteiger charge is -2.31. The van der Waals surface area contributed by atoms with Gasteiger partial charge in [0, 0.05) is 36.4 Å². The zero-order chi connectivity index (χ0) is 49.4. The highest BCUT2D eigenvalue weighted by Crippen LogP contribution is 2.29. The average molecular weight is 926 g/mol. The van der Waals surface area contributed by atoms with Gasteiger partial charge in [0.1, 0.15) is 36.3 Å². The fraction of sp³-hybridized carbons (Fsp3) is 0.396. The first-order valence-corrected chi connectivity index (χ1v) is 21.9. The number of nitrogens with one attached hydrogen (secondary N) is 7. The van der Waals surface area contributed by atoms with Gasteiger partial charge in [0.05, 0.1) is 12.8 Å². The van der Waals surface area contributed by atoms with Gasteiger partial charge in [-0.2, -0.15) is 0 Å². The van der Waals surface area contributed by atoms with E-state index < -0.39 is 114 Å². The molecule has 0 bridgehead atoms. The molecule has 0 aliphatic heterocycles. The van der Waals surface area contributed by atoms with Crippen LogP contribution in [0.5, 0.6) is 0 Å². The monoisotopic (exact) mass is 925 g/mol. The summed E-state index contributed by atoms with van der Waals surface area (Å²) in [6.07, 6.45) is -0.297. The first-order valence-electron chi connectivity index (χ1n) is 21.9. The molecule has 6 amide bonds. The Balaban J connectivity index is 1.56. The lowest BCUT2D eigenvalue weighted by atomic mass is 9.84. The number of aromatic nitrogens is 1. The number of carbonyl (C=O) groups is 9. The molecule has 19 heteroatoms. The highest BCUT2D eigenvalue weighted by molar-refractivity contribution is 5.99. The molecule has 1 aromatic heterocycles. The molecule has 0 saturated heterocycles. The molecule has 0 unspecified atom stereocenters. The number of carboxylic acids is 3.